The molecule has 1 aromatic rings. The summed E-state index contributed by atoms with van der Waals surface area (Å²) in [5, 5.41) is 0. The van der Waals surface area contributed by atoms with Crippen molar-refractivity contribution in [1.82, 2.24) is 0 Å². The van der Waals surface area contributed by atoms with Crippen LogP contribution < -0.4 is 9.47 Å². The minimum absolute atomic E-state index is 0.785. The van der Waals surface area contributed by atoms with Crippen LogP contribution >= 0.6 is 0 Å². The van der Waals surface area contributed by atoms with Gasteiger partial charge in [0.25, 0.3) is 0 Å². The van der Waals surface area contributed by atoms with Crippen molar-refractivity contribution < 1.29 is 9.47 Å². The number of para-hydroxylation sites is 1. The van der Waals surface area contributed by atoms with E-state index in [1.54, 1.807) is 14.2 Å². The van der Waals surface area contributed by atoms with Gasteiger partial charge in [-0.1, -0.05) is 39.8 Å². The molecule has 0 heterocycles. The maximum Gasteiger partial charge on any atom is 0.163 e. The van der Waals surface area contributed by atoms with Gasteiger partial charge in [-0.2, -0.15) is 0 Å². The normalized spacial score (nSPS) is 7.67. The van der Waals surface area contributed by atoms with E-state index in [-0.39, 0.29) is 0 Å². The zero-order valence-corrected chi connectivity index (χ0v) is 11.0. The molecular formula is C13H24O2. The van der Waals surface area contributed by atoms with Crippen LogP contribution in [0.4, 0.5) is 0 Å². The minimum Gasteiger partial charge on any atom is -0.493 e. The number of rotatable bonds is 2. The van der Waals surface area contributed by atoms with Crippen molar-refractivity contribution in [2.75, 3.05) is 14.2 Å². The third kappa shape index (κ3) is 5.31. The van der Waals surface area contributed by atoms with Crippen molar-refractivity contribution in [2.45, 2.75) is 34.6 Å². The van der Waals surface area contributed by atoms with Crippen molar-refractivity contribution >= 4 is 0 Å². The Kier molecular flexibility index (Phi) is 11.8. The highest BCUT2D eigenvalue weighted by Gasteiger charge is 2.03. The fraction of sp³-hybridized carbons (Fsp3) is 0.538. The van der Waals surface area contributed by atoms with Crippen LogP contribution in [0.3, 0.4) is 0 Å². The van der Waals surface area contributed by atoms with Gasteiger partial charge in [-0.15, -0.1) is 0 Å². The first kappa shape index (κ1) is 16.3. The summed E-state index contributed by atoms with van der Waals surface area (Å²) < 4.78 is 10.2. The molecular weight excluding hydrogens is 188 g/mol. The van der Waals surface area contributed by atoms with Crippen LogP contribution in [0.15, 0.2) is 18.2 Å². The van der Waals surface area contributed by atoms with Gasteiger partial charge in [0.2, 0.25) is 0 Å². The Labute approximate surface area is 94.2 Å². The maximum absolute atomic E-state index is 5.14. The number of aryl methyl sites for hydroxylation is 1. The van der Waals surface area contributed by atoms with E-state index in [4.69, 9.17) is 9.47 Å². The SMILES string of the molecule is CC.CC.COc1cccc(C)c1OC. The summed E-state index contributed by atoms with van der Waals surface area (Å²) in [5.74, 6) is 1.60. The second kappa shape index (κ2) is 10.9. The largest absolute Gasteiger partial charge is 0.493 e. The van der Waals surface area contributed by atoms with Crippen LogP contribution in [-0.2, 0) is 0 Å². The first-order valence-corrected chi connectivity index (χ1v) is 5.47. The van der Waals surface area contributed by atoms with Crippen molar-refractivity contribution in [3.8, 4) is 11.5 Å². The number of hydrogen-bond acceptors (Lipinski definition) is 2. The van der Waals surface area contributed by atoms with Crippen molar-refractivity contribution in [1.29, 1.82) is 0 Å². The van der Waals surface area contributed by atoms with E-state index < -0.39 is 0 Å². The lowest BCUT2D eigenvalue weighted by Gasteiger charge is -2.08. The Balaban J connectivity index is 0. The Morgan fingerprint density at radius 1 is 0.867 bits per heavy atom. The maximum atomic E-state index is 5.14. The van der Waals surface area contributed by atoms with Gasteiger partial charge in [0.1, 0.15) is 0 Å². The summed E-state index contributed by atoms with van der Waals surface area (Å²) in [6.45, 7) is 9.99. The molecule has 2 nitrogen and oxygen atoms in total. The highest BCUT2D eigenvalue weighted by Crippen LogP contribution is 2.29. The summed E-state index contributed by atoms with van der Waals surface area (Å²) in [7, 11) is 3.28. The third-order valence-electron chi connectivity index (χ3n) is 1.60. The van der Waals surface area contributed by atoms with E-state index in [0.29, 0.717) is 0 Å². The van der Waals surface area contributed by atoms with E-state index in [2.05, 4.69) is 0 Å². The van der Waals surface area contributed by atoms with Gasteiger partial charge in [0.15, 0.2) is 11.5 Å². The van der Waals surface area contributed by atoms with Crippen molar-refractivity contribution in [3.05, 3.63) is 23.8 Å². The van der Waals surface area contributed by atoms with Crippen LogP contribution in [0.1, 0.15) is 33.3 Å². The fourth-order valence-corrected chi connectivity index (χ4v) is 1.05. The minimum atomic E-state index is 0.785. The molecule has 0 aliphatic rings. The van der Waals surface area contributed by atoms with Gasteiger partial charge in [0.05, 0.1) is 14.2 Å². The molecule has 0 spiro atoms. The molecule has 1 rings (SSSR count). The molecule has 0 aliphatic heterocycles. The smallest absolute Gasteiger partial charge is 0.163 e. The molecule has 0 fully saturated rings. The number of hydrogen-bond donors (Lipinski definition) is 0. The van der Waals surface area contributed by atoms with Crippen molar-refractivity contribution in [2.24, 2.45) is 0 Å². The van der Waals surface area contributed by atoms with Gasteiger partial charge in [-0.25, -0.2) is 0 Å². The van der Waals surface area contributed by atoms with E-state index in [1.165, 1.54) is 0 Å². The monoisotopic (exact) mass is 212 g/mol. The molecule has 2 heteroatoms. The van der Waals surface area contributed by atoms with E-state index in [1.807, 2.05) is 52.8 Å². The molecule has 0 aliphatic carbocycles. The highest BCUT2D eigenvalue weighted by atomic mass is 16.5. The van der Waals surface area contributed by atoms with Crippen LogP contribution in [0.2, 0.25) is 0 Å². The zero-order valence-electron chi connectivity index (χ0n) is 11.0. The second-order valence-corrected chi connectivity index (χ2v) is 2.31. The molecule has 0 saturated carbocycles. The summed E-state index contributed by atoms with van der Waals surface area (Å²) in [6, 6.07) is 5.81. The summed E-state index contributed by atoms with van der Waals surface area (Å²) in [5.41, 5.74) is 1.09. The van der Waals surface area contributed by atoms with Gasteiger partial charge >= 0.3 is 0 Å². The second-order valence-electron chi connectivity index (χ2n) is 2.31. The molecule has 15 heavy (non-hydrogen) atoms. The number of methoxy groups -OCH3 is 2. The van der Waals surface area contributed by atoms with Gasteiger partial charge in [0, 0.05) is 0 Å². The Hall–Kier alpha value is -1.18. The lowest BCUT2D eigenvalue weighted by atomic mass is 10.2. The van der Waals surface area contributed by atoms with Gasteiger partial charge in [-0.3, -0.25) is 0 Å². The molecule has 0 unspecified atom stereocenters. The predicted octanol–water partition coefficient (Wildman–Crippen LogP) is 4.06. The highest BCUT2D eigenvalue weighted by molar-refractivity contribution is 5.45. The average molecular weight is 212 g/mol. The summed E-state index contributed by atoms with van der Waals surface area (Å²) in [6.07, 6.45) is 0. The molecule has 0 saturated heterocycles. The van der Waals surface area contributed by atoms with E-state index in [0.717, 1.165) is 17.1 Å². The van der Waals surface area contributed by atoms with Gasteiger partial charge < -0.3 is 9.47 Å². The Morgan fingerprint density at radius 2 is 1.40 bits per heavy atom. The molecule has 0 atom stereocenters. The predicted molar refractivity (Wildman–Crippen MR) is 67.0 cm³/mol. The standard InChI is InChI=1S/C9H12O2.2C2H6/c1-7-5-4-6-8(10-2)9(7)11-3;2*1-2/h4-6H,1-3H3;2*1-2H3. The molecule has 1 aromatic carbocycles. The molecule has 0 N–H and O–H groups in total. The van der Waals surface area contributed by atoms with Crippen LogP contribution in [0, 0.1) is 6.92 Å². The first-order valence-electron chi connectivity index (χ1n) is 5.47. The quantitative estimate of drug-likeness (QED) is 0.736. The van der Waals surface area contributed by atoms with Crippen LogP contribution in [0.25, 0.3) is 0 Å². The Bertz CT molecular complexity index is 244. The first-order chi connectivity index (χ1) is 7.29. The Morgan fingerprint density at radius 3 is 1.73 bits per heavy atom. The number of benzene rings is 1. The number of ether oxygens (including phenoxy) is 2. The summed E-state index contributed by atoms with van der Waals surface area (Å²) in [4.78, 5) is 0. The van der Waals surface area contributed by atoms with Crippen LogP contribution in [-0.4, -0.2) is 14.2 Å². The molecule has 0 radical (unpaired) electrons. The molecule has 0 amide bonds. The zero-order chi connectivity index (χ0) is 12.3. The van der Waals surface area contributed by atoms with E-state index >= 15 is 0 Å². The topological polar surface area (TPSA) is 18.5 Å². The van der Waals surface area contributed by atoms with Crippen LogP contribution in [0.5, 0.6) is 11.5 Å². The van der Waals surface area contributed by atoms with E-state index in [9.17, 15) is 0 Å². The average Bonchev–Trinajstić information content (AvgIpc) is 2.33. The molecule has 88 valence electrons. The lowest BCUT2D eigenvalue weighted by molar-refractivity contribution is 0.353. The fourth-order valence-electron chi connectivity index (χ4n) is 1.05. The van der Waals surface area contributed by atoms with Crippen molar-refractivity contribution in [3.63, 3.8) is 0 Å². The molecule has 0 aromatic heterocycles. The summed E-state index contributed by atoms with van der Waals surface area (Å²) >= 11 is 0. The molecule has 0 bridgehead atoms. The third-order valence-corrected chi connectivity index (χ3v) is 1.60. The lowest BCUT2D eigenvalue weighted by Crippen LogP contribution is -1.91. The van der Waals surface area contributed by atoms with Gasteiger partial charge in [-0.05, 0) is 18.6 Å².